The number of likely N-dealkylation sites (N-methyl/N-ethyl adjacent to an activating group) is 1. The first-order valence-corrected chi connectivity index (χ1v) is 5.86. The van der Waals surface area contributed by atoms with Crippen molar-refractivity contribution in [2.24, 2.45) is 0 Å². The zero-order valence-corrected chi connectivity index (χ0v) is 9.89. The Morgan fingerprint density at radius 2 is 2.07 bits per heavy atom. The van der Waals surface area contributed by atoms with Crippen molar-refractivity contribution in [2.45, 2.75) is 19.9 Å². The molecule has 1 atom stereocenters. The van der Waals surface area contributed by atoms with Crippen molar-refractivity contribution in [3.05, 3.63) is 0 Å². The summed E-state index contributed by atoms with van der Waals surface area (Å²) in [7, 11) is 1.61. The van der Waals surface area contributed by atoms with E-state index in [-0.39, 0.29) is 12.6 Å². The molecule has 0 aliphatic carbocycles. The molecule has 0 saturated heterocycles. The third-order valence-electron chi connectivity index (χ3n) is 1.84. The Hall–Kier alpha value is -0.710. The number of esters is 1. The Morgan fingerprint density at radius 3 is 2.50 bits per heavy atom. The van der Waals surface area contributed by atoms with Crippen molar-refractivity contribution in [2.75, 3.05) is 25.7 Å². The molecule has 4 nitrogen and oxygen atoms in total. The van der Waals surface area contributed by atoms with Crippen molar-refractivity contribution < 1.29 is 14.3 Å². The first kappa shape index (κ1) is 13.3. The largest absolute Gasteiger partial charge is 0.459 e. The highest BCUT2D eigenvalue weighted by Gasteiger charge is 2.23. The molecule has 0 aromatic carbocycles. The lowest BCUT2D eigenvalue weighted by molar-refractivity contribution is -0.159. The normalized spacial score (nSPS) is 12.0. The molecule has 1 unspecified atom stereocenters. The van der Waals surface area contributed by atoms with Gasteiger partial charge in [-0.25, -0.2) is 4.79 Å². The summed E-state index contributed by atoms with van der Waals surface area (Å²) in [5, 5.41) is 0. The number of thioether (sulfide) groups is 1. The topological polar surface area (TPSA) is 46.6 Å². The third kappa shape index (κ3) is 4.00. The van der Waals surface area contributed by atoms with Gasteiger partial charge < -0.3 is 9.64 Å². The lowest BCUT2D eigenvalue weighted by Crippen LogP contribution is -2.41. The van der Waals surface area contributed by atoms with Crippen LogP contribution in [0.2, 0.25) is 0 Å². The van der Waals surface area contributed by atoms with Gasteiger partial charge in [-0.2, -0.15) is 11.8 Å². The van der Waals surface area contributed by atoms with Gasteiger partial charge in [-0.3, -0.25) is 4.79 Å². The molecule has 0 aliphatic rings. The van der Waals surface area contributed by atoms with Gasteiger partial charge in [0.1, 0.15) is 0 Å². The summed E-state index contributed by atoms with van der Waals surface area (Å²) in [6.07, 6.45) is 1.96. The first-order chi connectivity index (χ1) is 6.54. The van der Waals surface area contributed by atoms with Crippen molar-refractivity contribution in [1.82, 2.24) is 4.90 Å². The second-order valence-electron chi connectivity index (χ2n) is 2.94. The third-order valence-corrected chi connectivity index (χ3v) is 2.66. The van der Waals surface area contributed by atoms with Gasteiger partial charge in [0.2, 0.25) is 0 Å². The van der Waals surface area contributed by atoms with Gasteiger partial charge in [0, 0.05) is 18.8 Å². The van der Waals surface area contributed by atoms with E-state index in [2.05, 4.69) is 4.74 Å². The van der Waals surface area contributed by atoms with E-state index in [0.717, 1.165) is 5.75 Å². The number of nitrogens with zero attached hydrogens (tertiary/aromatic N) is 1. The smallest absolute Gasteiger partial charge is 0.397 e. The van der Waals surface area contributed by atoms with Crippen LogP contribution in [0.15, 0.2) is 0 Å². The molecule has 0 rings (SSSR count). The highest BCUT2D eigenvalue weighted by molar-refractivity contribution is 7.98. The number of hydrogen-bond donors (Lipinski definition) is 0. The quantitative estimate of drug-likeness (QED) is 0.517. The molecule has 0 saturated carbocycles. The van der Waals surface area contributed by atoms with Crippen LogP contribution in [0.5, 0.6) is 0 Å². The van der Waals surface area contributed by atoms with Gasteiger partial charge in [0.25, 0.3) is 0 Å². The van der Waals surface area contributed by atoms with E-state index in [4.69, 9.17) is 0 Å². The van der Waals surface area contributed by atoms with Gasteiger partial charge in [-0.15, -0.1) is 0 Å². The van der Waals surface area contributed by atoms with E-state index in [1.165, 1.54) is 4.90 Å². The predicted molar refractivity (Wildman–Crippen MR) is 57.2 cm³/mol. The molecule has 0 radical (unpaired) electrons. The van der Waals surface area contributed by atoms with E-state index in [1.807, 2.05) is 13.2 Å². The van der Waals surface area contributed by atoms with Crippen molar-refractivity contribution in [3.8, 4) is 0 Å². The number of amides is 1. The standard InChI is InChI=1S/C9H17NO3S/c1-5-13-9(12)8(11)10(3)7(2)6-14-4/h7H,5-6H2,1-4H3. The van der Waals surface area contributed by atoms with Crippen LogP contribution in [0.4, 0.5) is 0 Å². The maximum Gasteiger partial charge on any atom is 0.397 e. The molecule has 0 fully saturated rings. The fourth-order valence-corrected chi connectivity index (χ4v) is 1.60. The fraction of sp³-hybridized carbons (Fsp3) is 0.778. The number of carbonyl (C=O) groups is 2. The molecule has 0 bridgehead atoms. The average Bonchev–Trinajstić information content (AvgIpc) is 2.16. The lowest BCUT2D eigenvalue weighted by atomic mass is 10.3. The highest BCUT2D eigenvalue weighted by Crippen LogP contribution is 2.04. The minimum Gasteiger partial charge on any atom is -0.459 e. The summed E-state index contributed by atoms with van der Waals surface area (Å²) in [6, 6.07) is 0.0434. The van der Waals surface area contributed by atoms with Gasteiger partial charge >= 0.3 is 11.9 Å². The van der Waals surface area contributed by atoms with Crippen LogP contribution < -0.4 is 0 Å². The molecular weight excluding hydrogens is 202 g/mol. The van der Waals surface area contributed by atoms with Crippen molar-refractivity contribution >= 4 is 23.6 Å². The number of rotatable bonds is 4. The highest BCUT2D eigenvalue weighted by atomic mass is 32.2. The Bertz CT molecular complexity index is 208. The average molecular weight is 219 g/mol. The van der Waals surface area contributed by atoms with Gasteiger partial charge in [0.05, 0.1) is 6.61 Å². The van der Waals surface area contributed by atoms with E-state index < -0.39 is 11.9 Å². The van der Waals surface area contributed by atoms with Crippen LogP contribution in [0.1, 0.15) is 13.8 Å². The summed E-state index contributed by atoms with van der Waals surface area (Å²) >= 11 is 1.63. The molecule has 5 heteroatoms. The summed E-state index contributed by atoms with van der Waals surface area (Å²) in [6.45, 7) is 3.81. The maximum absolute atomic E-state index is 11.4. The molecule has 0 aliphatic heterocycles. The molecule has 82 valence electrons. The molecule has 0 N–H and O–H groups in total. The van der Waals surface area contributed by atoms with Crippen LogP contribution in [-0.4, -0.2) is 48.5 Å². The van der Waals surface area contributed by atoms with E-state index in [0.29, 0.717) is 0 Å². The molecule has 0 aromatic rings. The molecule has 0 heterocycles. The van der Waals surface area contributed by atoms with Crippen molar-refractivity contribution in [3.63, 3.8) is 0 Å². The summed E-state index contributed by atoms with van der Waals surface area (Å²) in [4.78, 5) is 23.9. The summed E-state index contributed by atoms with van der Waals surface area (Å²) < 4.78 is 4.62. The monoisotopic (exact) mass is 219 g/mol. The van der Waals surface area contributed by atoms with Crippen molar-refractivity contribution in [1.29, 1.82) is 0 Å². The minimum absolute atomic E-state index is 0.0434. The molecule has 0 aromatic heterocycles. The van der Waals surface area contributed by atoms with Crippen LogP contribution in [0.3, 0.4) is 0 Å². The van der Waals surface area contributed by atoms with Crippen LogP contribution in [-0.2, 0) is 14.3 Å². The summed E-state index contributed by atoms with van der Waals surface area (Å²) in [5.41, 5.74) is 0. The number of hydrogen-bond acceptors (Lipinski definition) is 4. The van der Waals surface area contributed by atoms with Crippen LogP contribution in [0, 0.1) is 0 Å². The first-order valence-electron chi connectivity index (χ1n) is 4.47. The molecular formula is C9H17NO3S. The van der Waals surface area contributed by atoms with Crippen LogP contribution >= 0.6 is 11.8 Å². The Morgan fingerprint density at radius 1 is 1.50 bits per heavy atom. The minimum atomic E-state index is -0.775. The Kier molecular flexibility index (Phi) is 6.36. The predicted octanol–water partition coefficient (Wildman–Crippen LogP) is 0.759. The van der Waals surface area contributed by atoms with Gasteiger partial charge in [-0.1, -0.05) is 0 Å². The maximum atomic E-state index is 11.4. The number of ether oxygens (including phenoxy) is 1. The van der Waals surface area contributed by atoms with Gasteiger partial charge in [-0.05, 0) is 20.1 Å². The SMILES string of the molecule is CCOC(=O)C(=O)N(C)C(C)CSC. The van der Waals surface area contributed by atoms with Crippen LogP contribution in [0.25, 0.3) is 0 Å². The zero-order chi connectivity index (χ0) is 11.1. The Balaban J connectivity index is 4.16. The summed E-state index contributed by atoms with van der Waals surface area (Å²) in [5.74, 6) is -0.543. The van der Waals surface area contributed by atoms with E-state index in [1.54, 1.807) is 25.7 Å². The zero-order valence-electron chi connectivity index (χ0n) is 9.07. The second-order valence-corrected chi connectivity index (χ2v) is 3.85. The Labute approximate surface area is 89.0 Å². The fourth-order valence-electron chi connectivity index (χ4n) is 0.890. The molecule has 14 heavy (non-hydrogen) atoms. The molecule has 0 spiro atoms. The van der Waals surface area contributed by atoms with E-state index >= 15 is 0 Å². The lowest BCUT2D eigenvalue weighted by Gasteiger charge is -2.22. The second kappa shape index (κ2) is 6.70. The number of carbonyl (C=O) groups excluding carboxylic acids is 2. The molecule has 1 amide bonds. The van der Waals surface area contributed by atoms with Gasteiger partial charge in [0.15, 0.2) is 0 Å². The van der Waals surface area contributed by atoms with E-state index in [9.17, 15) is 9.59 Å².